The molecular weight excluding hydrogens is 559 g/mol. The molecule has 0 spiro atoms. The molecule has 2 aromatic carbocycles. The van der Waals surface area contributed by atoms with Crippen LogP contribution in [0.1, 0.15) is 38.1 Å². The molecule has 1 aliphatic heterocycles. The number of allylic oxidation sites excluding steroid dienone is 1. The van der Waals surface area contributed by atoms with E-state index < -0.39 is 12.0 Å². The number of hydrogen-bond acceptors (Lipinski definition) is 7. The lowest BCUT2D eigenvalue weighted by atomic mass is 9.96. The van der Waals surface area contributed by atoms with Gasteiger partial charge in [0.25, 0.3) is 5.56 Å². The predicted molar refractivity (Wildman–Crippen MR) is 152 cm³/mol. The number of hydrogen-bond donors (Lipinski definition) is 0. The molecule has 0 amide bonds. The van der Waals surface area contributed by atoms with Crippen LogP contribution in [0.4, 0.5) is 0 Å². The van der Waals surface area contributed by atoms with Crippen molar-refractivity contribution < 1.29 is 18.7 Å². The molecular formula is C29H24Cl2N2O5S. The Hall–Kier alpha value is -3.59. The summed E-state index contributed by atoms with van der Waals surface area (Å²) in [6.07, 6.45) is 1.34. The molecule has 10 heteroatoms. The van der Waals surface area contributed by atoms with Gasteiger partial charge in [-0.3, -0.25) is 9.36 Å². The zero-order chi connectivity index (χ0) is 27.8. The Balaban J connectivity index is 1.62. The van der Waals surface area contributed by atoms with E-state index in [0.717, 1.165) is 11.1 Å². The molecule has 1 atom stereocenters. The summed E-state index contributed by atoms with van der Waals surface area (Å²) in [5.41, 5.74) is 2.00. The van der Waals surface area contributed by atoms with Gasteiger partial charge in [-0.2, -0.15) is 0 Å². The Labute approximate surface area is 238 Å². The molecule has 39 heavy (non-hydrogen) atoms. The van der Waals surface area contributed by atoms with Crippen LogP contribution in [0.15, 0.2) is 80.1 Å². The number of furan rings is 1. The molecule has 2 aromatic heterocycles. The molecule has 3 heterocycles. The van der Waals surface area contributed by atoms with Gasteiger partial charge in [0.1, 0.15) is 17.3 Å². The van der Waals surface area contributed by atoms with Gasteiger partial charge < -0.3 is 13.9 Å². The van der Waals surface area contributed by atoms with Gasteiger partial charge in [-0.1, -0.05) is 46.7 Å². The Bertz CT molecular complexity index is 1780. The molecule has 0 saturated heterocycles. The second-order valence-corrected chi connectivity index (χ2v) is 11.0. The molecule has 0 N–H and O–H groups in total. The number of carbonyl (C=O) groups excluding carboxylic acids is 1. The standard InChI is InChI=1S/C29H24Cl2N2O5S/c1-15(2)37-28(35)25-16(3)32-29-33(26(25)17-5-8-19(36-4)9-6-17)27(34)24(39-29)14-20-10-12-23(38-20)18-7-11-21(30)22(31)13-18/h5-15,26H,1-4H3/b24-14+. The smallest absolute Gasteiger partial charge is 0.338 e. The van der Waals surface area contributed by atoms with Crippen LogP contribution >= 0.6 is 34.5 Å². The fraction of sp³-hybridized carbons (Fsp3) is 0.207. The van der Waals surface area contributed by atoms with Crippen LogP contribution in [0.3, 0.4) is 0 Å². The van der Waals surface area contributed by atoms with Crippen LogP contribution in [-0.4, -0.2) is 23.8 Å². The Morgan fingerprint density at radius 2 is 1.85 bits per heavy atom. The van der Waals surface area contributed by atoms with Gasteiger partial charge in [-0.05, 0) is 68.8 Å². The summed E-state index contributed by atoms with van der Waals surface area (Å²) in [5.74, 6) is 1.21. The fourth-order valence-electron chi connectivity index (χ4n) is 4.33. The highest BCUT2D eigenvalue weighted by Crippen LogP contribution is 2.32. The highest BCUT2D eigenvalue weighted by atomic mass is 35.5. The number of methoxy groups -OCH3 is 1. The minimum absolute atomic E-state index is 0.297. The largest absolute Gasteiger partial charge is 0.497 e. The van der Waals surface area contributed by atoms with Crippen molar-refractivity contribution in [3.8, 4) is 17.1 Å². The molecule has 0 fully saturated rings. The summed E-state index contributed by atoms with van der Waals surface area (Å²) in [7, 11) is 1.58. The van der Waals surface area contributed by atoms with Crippen LogP contribution in [-0.2, 0) is 9.53 Å². The number of carbonyl (C=O) groups is 1. The third-order valence-corrected chi connectivity index (χ3v) is 7.84. The number of halogens is 2. The van der Waals surface area contributed by atoms with Gasteiger partial charge >= 0.3 is 5.97 Å². The van der Waals surface area contributed by atoms with Crippen molar-refractivity contribution in [2.24, 2.45) is 4.99 Å². The van der Waals surface area contributed by atoms with Crippen molar-refractivity contribution in [2.75, 3.05) is 7.11 Å². The van der Waals surface area contributed by atoms with E-state index in [1.165, 1.54) is 15.9 Å². The first kappa shape index (κ1) is 27.0. The second-order valence-electron chi connectivity index (χ2n) is 9.14. The normalized spacial score (nSPS) is 15.4. The van der Waals surface area contributed by atoms with Gasteiger partial charge in [0.05, 0.1) is 45.1 Å². The van der Waals surface area contributed by atoms with Gasteiger partial charge in [0.15, 0.2) is 4.80 Å². The van der Waals surface area contributed by atoms with E-state index in [4.69, 9.17) is 37.1 Å². The number of ether oxygens (including phenoxy) is 2. The van der Waals surface area contributed by atoms with Crippen molar-refractivity contribution in [1.82, 2.24) is 4.57 Å². The number of thiazole rings is 1. The molecule has 0 bridgehead atoms. The SMILES string of the molecule is COc1ccc(C2C(C(=O)OC(C)C)=C(C)N=c3s/c(=C/c4ccc(-c5ccc(Cl)c(Cl)c5)o4)c(=O)n32)cc1. The van der Waals surface area contributed by atoms with Gasteiger partial charge in [-0.15, -0.1) is 0 Å². The molecule has 0 aliphatic carbocycles. The van der Waals surface area contributed by atoms with E-state index in [-0.39, 0.29) is 11.7 Å². The lowest BCUT2D eigenvalue weighted by Gasteiger charge is -2.25. The predicted octanol–water partition coefficient (Wildman–Crippen LogP) is 5.76. The molecule has 1 aliphatic rings. The topological polar surface area (TPSA) is 83.0 Å². The van der Waals surface area contributed by atoms with E-state index in [9.17, 15) is 9.59 Å². The van der Waals surface area contributed by atoms with Crippen molar-refractivity contribution >= 4 is 46.6 Å². The first-order valence-corrected chi connectivity index (χ1v) is 13.7. The fourth-order valence-corrected chi connectivity index (χ4v) is 5.65. The van der Waals surface area contributed by atoms with Gasteiger partial charge in [0, 0.05) is 11.6 Å². The Morgan fingerprint density at radius 1 is 1.10 bits per heavy atom. The first-order valence-electron chi connectivity index (χ1n) is 12.1. The summed E-state index contributed by atoms with van der Waals surface area (Å²) in [6, 6.07) is 15.3. The monoisotopic (exact) mass is 582 g/mol. The molecule has 1 unspecified atom stereocenters. The van der Waals surface area contributed by atoms with E-state index in [2.05, 4.69) is 4.99 Å². The molecule has 0 radical (unpaired) electrons. The van der Waals surface area contributed by atoms with Crippen LogP contribution in [0.5, 0.6) is 5.75 Å². The molecule has 200 valence electrons. The van der Waals surface area contributed by atoms with Crippen molar-refractivity contribution in [3.05, 3.63) is 107 Å². The van der Waals surface area contributed by atoms with E-state index in [1.807, 2.05) is 12.1 Å². The third-order valence-electron chi connectivity index (χ3n) is 6.12. The summed E-state index contributed by atoms with van der Waals surface area (Å²) >= 11 is 13.4. The minimum atomic E-state index is -0.719. The Morgan fingerprint density at radius 3 is 2.51 bits per heavy atom. The second kappa shape index (κ2) is 10.9. The highest BCUT2D eigenvalue weighted by Gasteiger charge is 2.33. The van der Waals surface area contributed by atoms with Crippen LogP contribution in [0, 0.1) is 0 Å². The maximum Gasteiger partial charge on any atom is 0.338 e. The van der Waals surface area contributed by atoms with E-state index >= 15 is 0 Å². The summed E-state index contributed by atoms with van der Waals surface area (Å²) in [4.78, 5) is 32.1. The summed E-state index contributed by atoms with van der Waals surface area (Å²) < 4.78 is 18.8. The van der Waals surface area contributed by atoms with Crippen molar-refractivity contribution in [3.63, 3.8) is 0 Å². The number of esters is 1. The van der Waals surface area contributed by atoms with E-state index in [0.29, 0.717) is 47.9 Å². The van der Waals surface area contributed by atoms with Crippen molar-refractivity contribution in [2.45, 2.75) is 32.9 Å². The molecule has 7 nitrogen and oxygen atoms in total. The number of benzene rings is 2. The van der Waals surface area contributed by atoms with Gasteiger partial charge in [-0.25, -0.2) is 9.79 Å². The lowest BCUT2D eigenvalue weighted by Crippen LogP contribution is -2.40. The Kier molecular flexibility index (Phi) is 7.53. The highest BCUT2D eigenvalue weighted by molar-refractivity contribution is 7.07. The van der Waals surface area contributed by atoms with Gasteiger partial charge in [0.2, 0.25) is 0 Å². The lowest BCUT2D eigenvalue weighted by molar-refractivity contribution is -0.143. The number of aromatic nitrogens is 1. The van der Waals surface area contributed by atoms with E-state index in [1.54, 1.807) is 76.4 Å². The molecule has 0 saturated carbocycles. The number of fused-ring (bicyclic) bond motifs is 1. The van der Waals surface area contributed by atoms with Crippen LogP contribution < -0.4 is 19.6 Å². The molecule has 5 rings (SSSR count). The number of nitrogens with zero attached hydrogens (tertiary/aromatic N) is 2. The quantitative estimate of drug-likeness (QED) is 0.270. The minimum Gasteiger partial charge on any atom is -0.497 e. The number of rotatable bonds is 6. The van der Waals surface area contributed by atoms with Crippen molar-refractivity contribution in [1.29, 1.82) is 0 Å². The maximum absolute atomic E-state index is 13.8. The molecule has 4 aromatic rings. The maximum atomic E-state index is 13.8. The summed E-state index contributed by atoms with van der Waals surface area (Å²) in [6.45, 7) is 5.31. The average Bonchev–Trinajstić information content (AvgIpc) is 3.49. The average molecular weight is 583 g/mol. The van der Waals surface area contributed by atoms with Crippen LogP contribution in [0.2, 0.25) is 10.0 Å². The summed E-state index contributed by atoms with van der Waals surface area (Å²) in [5, 5.41) is 0.868. The zero-order valence-electron chi connectivity index (χ0n) is 21.5. The zero-order valence-corrected chi connectivity index (χ0v) is 23.9. The van der Waals surface area contributed by atoms with Crippen LogP contribution in [0.25, 0.3) is 17.4 Å². The first-order chi connectivity index (χ1) is 18.7. The third kappa shape index (κ3) is 5.32.